The maximum absolute atomic E-state index is 13.0. The number of carboxylic acid groups (broad SMARTS) is 2. The predicted octanol–water partition coefficient (Wildman–Crippen LogP) is -3.79. The van der Waals surface area contributed by atoms with Crippen LogP contribution in [0.15, 0.2) is 12.5 Å². The molecule has 12 N–H and O–H groups in total. The largest absolute Gasteiger partial charge is 0.481 e. The topological polar surface area (TPSA) is 303 Å². The van der Waals surface area contributed by atoms with Crippen LogP contribution in [0.4, 0.5) is 0 Å². The van der Waals surface area contributed by atoms with Crippen LogP contribution in [0.3, 0.4) is 0 Å². The van der Waals surface area contributed by atoms with Crippen molar-refractivity contribution in [3.05, 3.63) is 18.2 Å². The number of nitrogens with one attached hydrogen (secondary N) is 4. The Bertz CT molecular complexity index is 1010. The summed E-state index contributed by atoms with van der Waals surface area (Å²) in [7, 11) is 0. The Morgan fingerprint density at radius 1 is 0.789 bits per heavy atom. The molecule has 0 aliphatic carbocycles. The van der Waals surface area contributed by atoms with Gasteiger partial charge >= 0.3 is 11.9 Å². The number of carboxylic acids is 2. The lowest BCUT2D eigenvalue weighted by molar-refractivity contribution is -0.142. The van der Waals surface area contributed by atoms with Crippen molar-refractivity contribution < 1.29 is 43.8 Å². The van der Waals surface area contributed by atoms with E-state index in [1.807, 2.05) is 0 Å². The lowest BCUT2D eigenvalue weighted by Gasteiger charge is -2.25. The van der Waals surface area contributed by atoms with Gasteiger partial charge in [-0.1, -0.05) is 0 Å². The number of carbonyl (C=O) groups is 7. The molecule has 1 rings (SSSR count). The molecule has 5 amide bonds. The first-order valence-corrected chi connectivity index (χ1v) is 11.4. The highest BCUT2D eigenvalue weighted by molar-refractivity contribution is 5.94. The minimum atomic E-state index is -1.47. The van der Waals surface area contributed by atoms with Crippen LogP contribution in [0, 0.1) is 0 Å². The van der Waals surface area contributed by atoms with E-state index in [1.165, 1.54) is 12.5 Å². The molecule has 0 saturated carbocycles. The van der Waals surface area contributed by atoms with E-state index in [0.29, 0.717) is 5.69 Å². The van der Waals surface area contributed by atoms with Crippen molar-refractivity contribution in [2.24, 2.45) is 17.2 Å². The maximum atomic E-state index is 13.0. The molecule has 0 fully saturated rings. The Labute approximate surface area is 216 Å². The first-order chi connectivity index (χ1) is 17.8. The summed E-state index contributed by atoms with van der Waals surface area (Å²) in [5.41, 5.74) is 16.3. The third kappa shape index (κ3) is 11.9. The second-order valence-electron chi connectivity index (χ2n) is 8.35. The zero-order valence-electron chi connectivity index (χ0n) is 20.3. The minimum absolute atomic E-state index is 0.134. The number of aromatic amines is 1. The minimum Gasteiger partial charge on any atom is -0.481 e. The van der Waals surface area contributed by atoms with Crippen molar-refractivity contribution >= 4 is 41.5 Å². The number of carbonyl (C=O) groups excluding carboxylic acids is 5. The van der Waals surface area contributed by atoms with Gasteiger partial charge in [0.15, 0.2) is 0 Å². The Morgan fingerprint density at radius 3 is 1.76 bits per heavy atom. The van der Waals surface area contributed by atoms with Gasteiger partial charge in [-0.3, -0.25) is 28.8 Å². The van der Waals surface area contributed by atoms with Crippen LogP contribution in [0.5, 0.6) is 0 Å². The number of nitrogens with two attached hydrogens (primary N) is 3. The van der Waals surface area contributed by atoms with Crippen LogP contribution in [0.1, 0.15) is 44.2 Å². The molecule has 0 aliphatic rings. The molecule has 38 heavy (non-hydrogen) atoms. The second kappa shape index (κ2) is 15.5. The zero-order valence-corrected chi connectivity index (χ0v) is 20.3. The van der Waals surface area contributed by atoms with Crippen molar-refractivity contribution in [2.45, 2.75) is 69.1 Å². The first-order valence-electron chi connectivity index (χ1n) is 11.4. The lowest BCUT2D eigenvalue weighted by Crippen LogP contribution is -2.57. The van der Waals surface area contributed by atoms with E-state index in [0.717, 1.165) is 0 Å². The number of H-pyrrole nitrogens is 1. The van der Waals surface area contributed by atoms with Crippen LogP contribution >= 0.6 is 0 Å². The molecule has 1 aromatic rings. The smallest absolute Gasteiger partial charge is 0.326 e. The number of aromatic nitrogens is 2. The number of hydrogen-bond donors (Lipinski definition) is 9. The van der Waals surface area contributed by atoms with E-state index in [2.05, 4.69) is 25.9 Å². The van der Waals surface area contributed by atoms with E-state index in [4.69, 9.17) is 22.3 Å². The predicted molar refractivity (Wildman–Crippen MR) is 127 cm³/mol. The molecule has 0 radical (unpaired) electrons. The highest BCUT2D eigenvalue weighted by Gasteiger charge is 2.31. The molecule has 17 heteroatoms. The van der Waals surface area contributed by atoms with E-state index < -0.39 is 78.5 Å². The number of primary amides is 2. The number of imidazole rings is 1. The van der Waals surface area contributed by atoms with Crippen LogP contribution in [-0.4, -0.2) is 85.8 Å². The molecule has 1 aromatic heterocycles. The molecule has 17 nitrogen and oxygen atoms in total. The van der Waals surface area contributed by atoms with Crippen molar-refractivity contribution in [3.8, 4) is 0 Å². The van der Waals surface area contributed by atoms with Crippen LogP contribution in [0.25, 0.3) is 0 Å². The number of aliphatic carboxylic acids is 2. The summed E-state index contributed by atoms with van der Waals surface area (Å²) in [6, 6.07) is -5.61. The standard InChI is InChI=1S/C21H32N8O9/c22-11(1-4-15(23)30)18(34)27-13(3-6-17(32)33)19(35)28-12(2-5-16(24)31)20(36)29-14(21(37)38)7-10-8-25-9-26-10/h8-9,11-14H,1-7,22H2,(H2,23,30)(H2,24,31)(H,25,26)(H,27,34)(H,28,35)(H,29,36)(H,32,33)(H,37,38). The third-order valence-corrected chi connectivity index (χ3v) is 5.22. The van der Waals surface area contributed by atoms with Gasteiger partial charge in [0.25, 0.3) is 0 Å². The molecule has 4 unspecified atom stereocenters. The highest BCUT2D eigenvalue weighted by atomic mass is 16.4. The van der Waals surface area contributed by atoms with Crippen LogP contribution in [-0.2, 0) is 40.0 Å². The lowest BCUT2D eigenvalue weighted by atomic mass is 10.0. The number of hydrogen-bond acceptors (Lipinski definition) is 9. The highest BCUT2D eigenvalue weighted by Crippen LogP contribution is 2.06. The van der Waals surface area contributed by atoms with E-state index >= 15 is 0 Å². The summed E-state index contributed by atoms with van der Waals surface area (Å²) in [6.45, 7) is 0. The van der Waals surface area contributed by atoms with E-state index in [9.17, 15) is 38.7 Å². The molecule has 0 saturated heterocycles. The zero-order chi connectivity index (χ0) is 28.8. The van der Waals surface area contributed by atoms with Gasteiger partial charge in [0.1, 0.15) is 18.1 Å². The van der Waals surface area contributed by atoms with Gasteiger partial charge in [-0.05, 0) is 19.3 Å². The van der Waals surface area contributed by atoms with E-state index in [1.54, 1.807) is 0 Å². The van der Waals surface area contributed by atoms with Crippen molar-refractivity contribution in [3.63, 3.8) is 0 Å². The van der Waals surface area contributed by atoms with Gasteiger partial charge in [-0.25, -0.2) is 9.78 Å². The van der Waals surface area contributed by atoms with Gasteiger partial charge in [-0.15, -0.1) is 0 Å². The van der Waals surface area contributed by atoms with Gasteiger partial charge in [0, 0.05) is 37.6 Å². The monoisotopic (exact) mass is 540 g/mol. The maximum Gasteiger partial charge on any atom is 0.326 e. The second-order valence-corrected chi connectivity index (χ2v) is 8.35. The SMILES string of the molecule is NC(=O)CCC(N)C(=O)NC(CCC(=O)O)C(=O)NC(CCC(N)=O)C(=O)NC(Cc1cnc[nH]1)C(=O)O. The summed E-state index contributed by atoms with van der Waals surface area (Å²) in [5.74, 6) is -7.00. The summed E-state index contributed by atoms with van der Waals surface area (Å²) >= 11 is 0. The Balaban J connectivity index is 3.02. The fourth-order valence-corrected chi connectivity index (χ4v) is 3.16. The molecule has 1 heterocycles. The van der Waals surface area contributed by atoms with Crippen LogP contribution in [0.2, 0.25) is 0 Å². The average Bonchev–Trinajstić information content (AvgIpc) is 3.34. The third-order valence-electron chi connectivity index (χ3n) is 5.22. The summed E-state index contributed by atoms with van der Waals surface area (Å²) in [6.07, 6.45) is 0.551. The molecule has 4 atom stereocenters. The van der Waals surface area contributed by atoms with Gasteiger partial charge in [-0.2, -0.15) is 0 Å². The summed E-state index contributed by atoms with van der Waals surface area (Å²) in [5, 5.41) is 25.3. The molecule has 0 bridgehead atoms. The number of nitrogens with zero attached hydrogens (tertiary/aromatic N) is 1. The Hall–Kier alpha value is -4.54. The normalized spacial score (nSPS) is 13.8. The summed E-state index contributed by atoms with van der Waals surface area (Å²) < 4.78 is 0. The average molecular weight is 541 g/mol. The van der Waals surface area contributed by atoms with Gasteiger partial charge in [0.05, 0.1) is 12.4 Å². The Morgan fingerprint density at radius 2 is 1.29 bits per heavy atom. The fourth-order valence-electron chi connectivity index (χ4n) is 3.16. The molecular formula is C21H32N8O9. The van der Waals surface area contributed by atoms with Crippen molar-refractivity contribution in [1.82, 2.24) is 25.9 Å². The number of amides is 5. The first kappa shape index (κ1) is 31.5. The van der Waals surface area contributed by atoms with Crippen molar-refractivity contribution in [2.75, 3.05) is 0 Å². The molecular weight excluding hydrogens is 508 g/mol. The quantitative estimate of drug-likeness (QED) is 0.0869. The molecule has 0 aromatic carbocycles. The van der Waals surface area contributed by atoms with Crippen molar-refractivity contribution in [1.29, 1.82) is 0 Å². The van der Waals surface area contributed by atoms with Crippen LogP contribution < -0.4 is 33.2 Å². The number of rotatable bonds is 18. The molecule has 0 spiro atoms. The fraction of sp³-hybridized carbons (Fsp3) is 0.524. The van der Waals surface area contributed by atoms with Gasteiger partial charge < -0.3 is 48.3 Å². The summed E-state index contributed by atoms with van der Waals surface area (Å²) in [4.78, 5) is 89.6. The Kier molecular flexibility index (Phi) is 12.9. The molecule has 0 aliphatic heterocycles. The molecule has 210 valence electrons. The van der Waals surface area contributed by atoms with Gasteiger partial charge in [0.2, 0.25) is 29.5 Å². The van der Waals surface area contributed by atoms with E-state index in [-0.39, 0.29) is 32.1 Å².